The molecule has 0 aliphatic carbocycles. The van der Waals surface area contributed by atoms with Gasteiger partial charge in [0.15, 0.2) is 0 Å². The van der Waals surface area contributed by atoms with Gasteiger partial charge in [0.2, 0.25) is 0 Å². The molecule has 0 unspecified atom stereocenters. The zero-order valence-corrected chi connectivity index (χ0v) is 15.5. The van der Waals surface area contributed by atoms with Crippen LogP contribution >= 0.6 is 0 Å². The van der Waals surface area contributed by atoms with E-state index in [4.69, 9.17) is 9.47 Å². The molecule has 2 aromatic rings. The van der Waals surface area contributed by atoms with Crippen molar-refractivity contribution in [3.05, 3.63) is 59.9 Å². The summed E-state index contributed by atoms with van der Waals surface area (Å²) in [6, 6.07) is 11.3. The van der Waals surface area contributed by atoms with Crippen molar-refractivity contribution >= 4 is 17.8 Å². The van der Waals surface area contributed by atoms with E-state index in [1.165, 1.54) is 37.4 Å². The van der Waals surface area contributed by atoms with Crippen molar-refractivity contribution in [2.45, 2.75) is 18.6 Å². The number of nitrogens with zero attached hydrogens (tertiary/aromatic N) is 2. The lowest BCUT2D eigenvalue weighted by atomic mass is 10.2. The minimum Gasteiger partial charge on any atom is -0.488 e. The maximum Gasteiger partial charge on any atom is 0.356 e. The Morgan fingerprint density at radius 3 is 2.39 bits per heavy atom. The molecule has 146 valence electrons. The first-order valence-electron chi connectivity index (χ1n) is 8.68. The largest absolute Gasteiger partial charge is 0.488 e. The van der Waals surface area contributed by atoms with E-state index >= 15 is 0 Å². The second-order valence-electron chi connectivity index (χ2n) is 6.21. The summed E-state index contributed by atoms with van der Waals surface area (Å²) in [6.07, 6.45) is 1.26. The van der Waals surface area contributed by atoms with Crippen LogP contribution in [0.4, 0.5) is 0 Å². The lowest BCUT2D eigenvalue weighted by Crippen LogP contribution is -2.41. The number of carbonyl (C=O) groups is 3. The molecule has 1 aromatic carbocycles. The predicted octanol–water partition coefficient (Wildman–Crippen LogP) is 1.70. The number of pyridine rings is 1. The zero-order chi connectivity index (χ0) is 20.1. The molecule has 1 fully saturated rings. The average Bonchev–Trinajstić information content (AvgIpc) is 3.16. The van der Waals surface area contributed by atoms with Gasteiger partial charge in [-0.25, -0.2) is 14.6 Å². The van der Waals surface area contributed by atoms with Crippen LogP contribution in [0.3, 0.4) is 0 Å². The van der Waals surface area contributed by atoms with Gasteiger partial charge in [-0.3, -0.25) is 4.79 Å². The molecule has 0 bridgehead atoms. The Kier molecular flexibility index (Phi) is 5.88. The summed E-state index contributed by atoms with van der Waals surface area (Å²) in [4.78, 5) is 42.0. The van der Waals surface area contributed by atoms with Gasteiger partial charge in [0, 0.05) is 12.6 Å². The molecule has 0 saturated carbocycles. The molecular formula is C20H20N2O6. The second kappa shape index (κ2) is 8.51. The molecule has 1 amide bonds. The number of hydrogen-bond acceptors (Lipinski definition) is 7. The van der Waals surface area contributed by atoms with Gasteiger partial charge in [-0.05, 0) is 24.3 Å². The number of amides is 1. The number of rotatable bonds is 5. The molecule has 1 aliphatic heterocycles. The highest BCUT2D eigenvalue weighted by Gasteiger charge is 2.41. The van der Waals surface area contributed by atoms with Crippen molar-refractivity contribution < 1.29 is 28.6 Å². The lowest BCUT2D eigenvalue weighted by molar-refractivity contribution is -0.145. The van der Waals surface area contributed by atoms with Crippen molar-refractivity contribution in [1.82, 2.24) is 9.88 Å². The number of para-hydroxylation sites is 1. The van der Waals surface area contributed by atoms with Gasteiger partial charge in [0.1, 0.15) is 23.6 Å². The van der Waals surface area contributed by atoms with E-state index in [0.29, 0.717) is 12.2 Å². The number of likely N-dealkylation sites (tertiary alicyclic amines) is 1. The third-order valence-corrected chi connectivity index (χ3v) is 4.45. The van der Waals surface area contributed by atoms with E-state index < -0.39 is 23.9 Å². The molecule has 8 nitrogen and oxygen atoms in total. The van der Waals surface area contributed by atoms with E-state index in [0.717, 1.165) is 0 Å². The quantitative estimate of drug-likeness (QED) is 0.724. The molecule has 28 heavy (non-hydrogen) atoms. The van der Waals surface area contributed by atoms with Crippen molar-refractivity contribution in [3.63, 3.8) is 0 Å². The Hall–Kier alpha value is -3.42. The Balaban J connectivity index is 1.78. The van der Waals surface area contributed by atoms with Crippen LogP contribution in [0.1, 0.15) is 27.3 Å². The minimum atomic E-state index is -0.758. The summed E-state index contributed by atoms with van der Waals surface area (Å²) < 4.78 is 15.3. The molecule has 0 N–H and O–H groups in total. The van der Waals surface area contributed by atoms with Crippen molar-refractivity contribution in [3.8, 4) is 5.75 Å². The maximum atomic E-state index is 12.9. The molecule has 0 spiro atoms. The van der Waals surface area contributed by atoms with E-state index in [1.807, 2.05) is 30.3 Å². The van der Waals surface area contributed by atoms with Crippen LogP contribution in [0.15, 0.2) is 48.7 Å². The smallest absolute Gasteiger partial charge is 0.356 e. The van der Waals surface area contributed by atoms with Crippen molar-refractivity contribution in [2.24, 2.45) is 0 Å². The van der Waals surface area contributed by atoms with Crippen LogP contribution in [0.25, 0.3) is 0 Å². The molecule has 2 atom stereocenters. The summed E-state index contributed by atoms with van der Waals surface area (Å²) in [7, 11) is 2.53. The van der Waals surface area contributed by atoms with Gasteiger partial charge in [-0.15, -0.1) is 0 Å². The number of benzene rings is 1. The first-order valence-corrected chi connectivity index (χ1v) is 8.68. The molecular weight excluding hydrogens is 364 g/mol. The lowest BCUT2D eigenvalue weighted by Gasteiger charge is -2.22. The second-order valence-corrected chi connectivity index (χ2v) is 6.21. The summed E-state index contributed by atoms with van der Waals surface area (Å²) in [5.74, 6) is -0.830. The Morgan fingerprint density at radius 2 is 1.79 bits per heavy atom. The molecule has 3 rings (SSSR count). The standard InChI is InChI=1S/C20H20N2O6/c1-26-19(24)16-9-8-13(11-21-16)18(23)22-12-15(10-17(22)20(25)27-2)28-14-6-4-3-5-7-14/h3-9,11,15,17H,10,12H2,1-2H3/t15-,17-/m0/s1. The normalized spacial score (nSPS) is 18.4. The van der Waals surface area contributed by atoms with Gasteiger partial charge in [0.05, 0.1) is 26.3 Å². The monoisotopic (exact) mass is 384 g/mol. The van der Waals surface area contributed by atoms with Gasteiger partial charge in [-0.1, -0.05) is 18.2 Å². The molecule has 8 heteroatoms. The average molecular weight is 384 g/mol. The molecule has 2 heterocycles. The van der Waals surface area contributed by atoms with Crippen molar-refractivity contribution in [1.29, 1.82) is 0 Å². The summed E-state index contributed by atoms with van der Waals surface area (Å²) in [5, 5.41) is 0. The molecule has 0 radical (unpaired) electrons. The predicted molar refractivity (Wildman–Crippen MR) is 97.9 cm³/mol. The van der Waals surface area contributed by atoms with Crippen LogP contribution in [0.5, 0.6) is 5.75 Å². The van der Waals surface area contributed by atoms with Gasteiger partial charge < -0.3 is 19.1 Å². The van der Waals surface area contributed by atoms with Crippen molar-refractivity contribution in [2.75, 3.05) is 20.8 Å². The summed E-state index contributed by atoms with van der Waals surface area (Å²) in [6.45, 7) is 0.228. The number of carbonyl (C=O) groups excluding carboxylic acids is 3. The Labute approximate surface area is 162 Å². The SMILES string of the molecule is COC(=O)c1ccc(C(=O)N2C[C@@H](Oc3ccccc3)C[C@H]2C(=O)OC)cn1. The highest BCUT2D eigenvalue weighted by Crippen LogP contribution is 2.25. The van der Waals surface area contributed by atoms with E-state index in [2.05, 4.69) is 9.72 Å². The zero-order valence-electron chi connectivity index (χ0n) is 15.5. The fourth-order valence-electron chi connectivity index (χ4n) is 3.07. The fraction of sp³-hybridized carbons (Fsp3) is 0.300. The number of esters is 2. The van der Waals surface area contributed by atoms with Crippen LogP contribution in [0.2, 0.25) is 0 Å². The summed E-state index contributed by atoms with van der Waals surface area (Å²) in [5.41, 5.74) is 0.345. The third-order valence-electron chi connectivity index (χ3n) is 4.45. The van der Waals surface area contributed by atoms with Crippen LogP contribution in [-0.2, 0) is 14.3 Å². The Morgan fingerprint density at radius 1 is 1.04 bits per heavy atom. The highest BCUT2D eigenvalue weighted by atomic mass is 16.5. The van der Waals surface area contributed by atoms with Gasteiger partial charge >= 0.3 is 11.9 Å². The van der Waals surface area contributed by atoms with Crippen LogP contribution < -0.4 is 4.74 Å². The first-order chi connectivity index (χ1) is 13.5. The van der Waals surface area contributed by atoms with E-state index in [9.17, 15) is 14.4 Å². The number of aromatic nitrogens is 1. The maximum absolute atomic E-state index is 12.9. The van der Waals surface area contributed by atoms with Crippen LogP contribution in [-0.4, -0.2) is 60.6 Å². The van der Waals surface area contributed by atoms with Gasteiger partial charge in [-0.2, -0.15) is 0 Å². The third kappa shape index (κ3) is 4.11. The number of hydrogen-bond donors (Lipinski definition) is 0. The van der Waals surface area contributed by atoms with E-state index in [1.54, 1.807) is 0 Å². The molecule has 1 aliphatic rings. The number of methoxy groups -OCH3 is 2. The fourth-order valence-corrected chi connectivity index (χ4v) is 3.07. The van der Waals surface area contributed by atoms with E-state index in [-0.39, 0.29) is 23.9 Å². The summed E-state index contributed by atoms with van der Waals surface area (Å²) >= 11 is 0. The van der Waals surface area contributed by atoms with Gasteiger partial charge in [0.25, 0.3) is 5.91 Å². The highest BCUT2D eigenvalue weighted by molar-refractivity contribution is 5.97. The molecule has 1 aromatic heterocycles. The first kappa shape index (κ1) is 19.3. The molecule has 1 saturated heterocycles. The minimum absolute atomic E-state index is 0.0928. The Bertz CT molecular complexity index is 853. The topological polar surface area (TPSA) is 95.0 Å². The van der Waals surface area contributed by atoms with Crippen LogP contribution in [0, 0.1) is 0 Å². The number of ether oxygens (including phenoxy) is 3.